The lowest BCUT2D eigenvalue weighted by atomic mass is 9.94. The van der Waals surface area contributed by atoms with E-state index in [0.29, 0.717) is 24.9 Å². The minimum atomic E-state index is 0.0146. The third-order valence-corrected chi connectivity index (χ3v) is 6.56. The Morgan fingerprint density at radius 1 is 1.26 bits per heavy atom. The van der Waals surface area contributed by atoms with Gasteiger partial charge in [0.15, 0.2) is 0 Å². The second-order valence-electron chi connectivity index (χ2n) is 7.23. The number of hydrogen-bond donors (Lipinski definition) is 0. The van der Waals surface area contributed by atoms with E-state index in [2.05, 4.69) is 11.8 Å². The summed E-state index contributed by atoms with van der Waals surface area (Å²) in [5.41, 5.74) is 0.800. The van der Waals surface area contributed by atoms with Gasteiger partial charge in [0.2, 0.25) is 5.91 Å². The van der Waals surface area contributed by atoms with Crippen molar-refractivity contribution in [3.8, 4) is 0 Å². The topological polar surface area (TPSA) is 40.6 Å². The number of carbonyl (C=O) groups is 2. The molecule has 4 heterocycles. The van der Waals surface area contributed by atoms with Crippen LogP contribution in [0.4, 0.5) is 0 Å². The second-order valence-corrected chi connectivity index (χ2v) is 8.22. The lowest BCUT2D eigenvalue weighted by Gasteiger charge is -2.36. The third-order valence-electron chi connectivity index (χ3n) is 5.48. The summed E-state index contributed by atoms with van der Waals surface area (Å²) in [6.07, 6.45) is 5.49. The van der Waals surface area contributed by atoms with Crippen molar-refractivity contribution >= 4 is 23.2 Å². The van der Waals surface area contributed by atoms with Crippen LogP contribution in [-0.2, 0) is 11.2 Å². The quantitative estimate of drug-likeness (QED) is 0.851. The molecular formula is C18H24N2O2S. The van der Waals surface area contributed by atoms with E-state index in [1.165, 1.54) is 17.7 Å². The summed E-state index contributed by atoms with van der Waals surface area (Å²) in [6, 6.07) is 2.25. The normalized spacial score (nSPS) is 27.4. The van der Waals surface area contributed by atoms with Gasteiger partial charge in [0.05, 0.1) is 11.5 Å². The maximum Gasteiger partial charge on any atom is 0.254 e. The molecule has 0 radical (unpaired) electrons. The fourth-order valence-corrected chi connectivity index (χ4v) is 4.69. The Labute approximate surface area is 141 Å². The van der Waals surface area contributed by atoms with Crippen LogP contribution in [0.1, 0.15) is 47.8 Å². The van der Waals surface area contributed by atoms with Crippen molar-refractivity contribution in [3.05, 3.63) is 21.9 Å². The summed E-state index contributed by atoms with van der Waals surface area (Å²) in [6.45, 7) is 4.35. The molecule has 4 nitrogen and oxygen atoms in total. The molecule has 1 aromatic heterocycles. The Morgan fingerprint density at radius 3 is 2.78 bits per heavy atom. The molecule has 2 bridgehead atoms. The van der Waals surface area contributed by atoms with Crippen molar-refractivity contribution < 1.29 is 9.59 Å². The number of amides is 2. The third kappa shape index (κ3) is 2.91. The van der Waals surface area contributed by atoms with E-state index in [0.717, 1.165) is 31.4 Å². The number of thiophene rings is 1. The molecule has 0 N–H and O–H groups in total. The van der Waals surface area contributed by atoms with Gasteiger partial charge in [-0.3, -0.25) is 9.59 Å². The number of carbonyl (C=O) groups excluding carboxylic acids is 2. The predicted octanol–water partition coefficient (Wildman–Crippen LogP) is 2.78. The molecule has 0 spiro atoms. The van der Waals surface area contributed by atoms with Crippen LogP contribution in [0.15, 0.2) is 11.4 Å². The van der Waals surface area contributed by atoms with E-state index in [4.69, 9.17) is 0 Å². The van der Waals surface area contributed by atoms with Gasteiger partial charge in [-0.2, -0.15) is 0 Å². The first kappa shape index (κ1) is 15.2. The number of aryl methyl sites for hydroxylation is 1. The van der Waals surface area contributed by atoms with Crippen LogP contribution in [0.3, 0.4) is 0 Å². The molecule has 4 aliphatic rings. The van der Waals surface area contributed by atoms with Crippen LogP contribution in [-0.4, -0.2) is 47.3 Å². The Morgan fingerprint density at radius 2 is 2.09 bits per heavy atom. The molecule has 2 amide bonds. The maximum absolute atomic E-state index is 12.9. The van der Waals surface area contributed by atoms with Gasteiger partial charge in [0, 0.05) is 35.9 Å². The number of piperidine rings is 1. The fraction of sp³-hybridized carbons (Fsp3) is 0.667. The van der Waals surface area contributed by atoms with Gasteiger partial charge in [-0.05, 0) is 44.1 Å². The first-order chi connectivity index (χ1) is 11.2. The molecule has 124 valence electrons. The molecule has 3 aliphatic heterocycles. The fourth-order valence-electron chi connectivity index (χ4n) is 3.89. The molecule has 4 fully saturated rings. The van der Waals surface area contributed by atoms with Crippen LogP contribution in [0.5, 0.6) is 0 Å². The number of rotatable bonds is 4. The van der Waals surface area contributed by atoms with Gasteiger partial charge in [-0.1, -0.05) is 6.92 Å². The van der Waals surface area contributed by atoms with E-state index in [1.807, 2.05) is 16.3 Å². The van der Waals surface area contributed by atoms with Crippen LogP contribution < -0.4 is 0 Å². The van der Waals surface area contributed by atoms with Crippen LogP contribution >= 0.6 is 11.3 Å². The highest BCUT2D eigenvalue weighted by molar-refractivity contribution is 7.10. The van der Waals surface area contributed by atoms with Gasteiger partial charge in [-0.15, -0.1) is 11.3 Å². The Hall–Kier alpha value is -1.36. The molecule has 5 heteroatoms. The van der Waals surface area contributed by atoms with Gasteiger partial charge in [0.1, 0.15) is 0 Å². The average molecular weight is 332 g/mol. The van der Waals surface area contributed by atoms with Crippen molar-refractivity contribution in [3.63, 3.8) is 0 Å². The van der Waals surface area contributed by atoms with Gasteiger partial charge < -0.3 is 9.80 Å². The Bertz CT molecular complexity index is 622. The van der Waals surface area contributed by atoms with Crippen molar-refractivity contribution in [2.45, 2.75) is 45.1 Å². The van der Waals surface area contributed by atoms with Crippen molar-refractivity contribution in [1.82, 2.24) is 9.80 Å². The van der Waals surface area contributed by atoms with Crippen molar-refractivity contribution in [2.24, 2.45) is 11.8 Å². The monoisotopic (exact) mass is 332 g/mol. The summed E-state index contributed by atoms with van der Waals surface area (Å²) < 4.78 is 0. The highest BCUT2D eigenvalue weighted by Gasteiger charge is 2.43. The molecule has 1 aromatic rings. The zero-order valence-corrected chi connectivity index (χ0v) is 14.5. The summed E-state index contributed by atoms with van der Waals surface area (Å²) in [5, 5.41) is 1.97. The van der Waals surface area contributed by atoms with Crippen molar-refractivity contribution in [1.29, 1.82) is 0 Å². The molecule has 3 saturated heterocycles. The lowest BCUT2D eigenvalue weighted by Crippen LogP contribution is -2.48. The Kier molecular flexibility index (Phi) is 3.92. The average Bonchev–Trinajstić information content (AvgIpc) is 3.31. The minimum absolute atomic E-state index is 0.0146. The summed E-state index contributed by atoms with van der Waals surface area (Å²) in [5.74, 6) is 1.13. The molecule has 1 saturated carbocycles. The zero-order chi connectivity index (χ0) is 16.0. The first-order valence-electron chi connectivity index (χ1n) is 8.83. The Balaban J connectivity index is 1.52. The number of hydrogen-bond acceptors (Lipinski definition) is 3. The molecule has 2 atom stereocenters. The summed E-state index contributed by atoms with van der Waals surface area (Å²) >= 11 is 1.66. The van der Waals surface area contributed by atoms with Gasteiger partial charge in [0.25, 0.3) is 5.91 Å². The largest absolute Gasteiger partial charge is 0.337 e. The minimum Gasteiger partial charge on any atom is -0.337 e. The SMILES string of the molecule is CCc1cc(C(=O)N2CC3CCC(C2)N(CC2CC2)C3=O)cs1. The lowest BCUT2D eigenvalue weighted by molar-refractivity contribution is -0.140. The maximum atomic E-state index is 12.9. The van der Waals surface area contributed by atoms with Gasteiger partial charge >= 0.3 is 0 Å². The molecule has 5 rings (SSSR count). The second kappa shape index (κ2) is 5.93. The van der Waals surface area contributed by atoms with Crippen LogP contribution in [0, 0.1) is 11.8 Å². The van der Waals surface area contributed by atoms with E-state index in [-0.39, 0.29) is 17.9 Å². The molecule has 0 aromatic carbocycles. The predicted molar refractivity (Wildman–Crippen MR) is 90.5 cm³/mol. The first-order valence-corrected chi connectivity index (χ1v) is 9.70. The molecule has 23 heavy (non-hydrogen) atoms. The summed E-state index contributed by atoms with van der Waals surface area (Å²) in [4.78, 5) is 30.9. The number of fused-ring (bicyclic) bond motifs is 4. The van der Waals surface area contributed by atoms with Crippen LogP contribution in [0.2, 0.25) is 0 Å². The molecule has 1 aliphatic carbocycles. The van der Waals surface area contributed by atoms with Gasteiger partial charge in [-0.25, -0.2) is 0 Å². The van der Waals surface area contributed by atoms with Crippen LogP contribution in [0.25, 0.3) is 0 Å². The highest BCUT2D eigenvalue weighted by atomic mass is 32.1. The highest BCUT2D eigenvalue weighted by Crippen LogP contribution is 2.35. The smallest absolute Gasteiger partial charge is 0.254 e. The zero-order valence-electron chi connectivity index (χ0n) is 13.7. The van der Waals surface area contributed by atoms with E-state index >= 15 is 0 Å². The van der Waals surface area contributed by atoms with E-state index in [9.17, 15) is 9.59 Å². The van der Waals surface area contributed by atoms with E-state index in [1.54, 1.807) is 11.3 Å². The number of nitrogens with zero attached hydrogens (tertiary/aromatic N) is 2. The standard InChI is InChI=1S/C18H24N2O2S/c1-2-16-7-14(11-23-16)17(21)19-9-13-5-6-15(10-19)20(18(13)22)8-12-3-4-12/h7,11-13,15H,2-6,8-10H2,1H3. The molecular weight excluding hydrogens is 308 g/mol. The molecule has 2 unspecified atom stereocenters. The van der Waals surface area contributed by atoms with Crippen molar-refractivity contribution in [2.75, 3.05) is 19.6 Å². The summed E-state index contributed by atoms with van der Waals surface area (Å²) in [7, 11) is 0. The van der Waals surface area contributed by atoms with E-state index < -0.39 is 0 Å².